The lowest BCUT2D eigenvalue weighted by Gasteiger charge is -2.16. The van der Waals surface area contributed by atoms with Gasteiger partial charge in [-0.3, -0.25) is 10.1 Å². The summed E-state index contributed by atoms with van der Waals surface area (Å²) in [7, 11) is 0. The summed E-state index contributed by atoms with van der Waals surface area (Å²) in [4.78, 5) is 13.2. The number of nitrogens with one attached hydrogen (secondary N) is 1. The minimum Gasteiger partial charge on any atom is -0.328 e. The van der Waals surface area contributed by atoms with Crippen LogP contribution in [0, 0.1) is 5.92 Å². The zero-order valence-electron chi connectivity index (χ0n) is 9.88. The molecule has 0 aromatic rings. The van der Waals surface area contributed by atoms with Crippen molar-refractivity contribution in [2.24, 2.45) is 5.92 Å². The molecule has 1 amide bonds. The number of halogens is 3. The number of carbonyl (C=O) groups is 1. The zero-order chi connectivity index (χ0) is 13.1. The van der Waals surface area contributed by atoms with Crippen LogP contribution in [0.5, 0.6) is 0 Å². The monoisotopic (exact) mass is 270 g/mol. The predicted molar refractivity (Wildman–Crippen MR) is 61.5 cm³/mol. The van der Waals surface area contributed by atoms with Crippen molar-refractivity contribution >= 4 is 17.7 Å². The Bertz CT molecular complexity index is 271. The Hall–Kier alpha value is -0.430. The van der Waals surface area contributed by atoms with Crippen LogP contribution in [0.25, 0.3) is 0 Å². The summed E-state index contributed by atoms with van der Waals surface area (Å²) in [6.45, 7) is 4.52. The highest BCUT2D eigenvalue weighted by Gasteiger charge is 2.33. The molecule has 0 spiro atoms. The third-order valence-electron chi connectivity index (χ3n) is 2.47. The molecule has 3 nitrogen and oxygen atoms in total. The van der Waals surface area contributed by atoms with Crippen molar-refractivity contribution in [3.63, 3.8) is 0 Å². The Morgan fingerprint density at radius 1 is 1.53 bits per heavy atom. The third kappa shape index (κ3) is 5.16. The lowest BCUT2D eigenvalue weighted by atomic mass is 10.0. The van der Waals surface area contributed by atoms with E-state index in [1.165, 1.54) is 4.90 Å². The number of amides is 1. The maximum Gasteiger partial charge on any atom is 0.441 e. The van der Waals surface area contributed by atoms with Gasteiger partial charge in [-0.25, -0.2) is 0 Å². The van der Waals surface area contributed by atoms with Crippen LogP contribution in [0.4, 0.5) is 13.2 Å². The van der Waals surface area contributed by atoms with Gasteiger partial charge in [0.15, 0.2) is 0 Å². The first kappa shape index (κ1) is 14.6. The van der Waals surface area contributed by atoms with Gasteiger partial charge in [-0.15, -0.1) is 0 Å². The van der Waals surface area contributed by atoms with Gasteiger partial charge < -0.3 is 4.90 Å². The summed E-state index contributed by atoms with van der Waals surface area (Å²) in [6.07, 6.45) is 0.724. The summed E-state index contributed by atoms with van der Waals surface area (Å²) in [6, 6.07) is -0.231. The van der Waals surface area contributed by atoms with Gasteiger partial charge in [0.2, 0.25) is 5.91 Å². The minimum absolute atomic E-state index is 0.0820. The quantitative estimate of drug-likeness (QED) is 0.830. The first-order valence-electron chi connectivity index (χ1n) is 5.52. The molecule has 1 aliphatic rings. The number of carbonyl (C=O) groups excluding carboxylic acids is 1. The molecule has 0 aromatic carbocycles. The molecule has 1 heterocycles. The van der Waals surface area contributed by atoms with E-state index in [0.717, 1.165) is 6.42 Å². The van der Waals surface area contributed by atoms with E-state index in [2.05, 4.69) is 5.32 Å². The first-order chi connectivity index (χ1) is 7.79. The van der Waals surface area contributed by atoms with E-state index in [9.17, 15) is 18.0 Å². The van der Waals surface area contributed by atoms with Crippen molar-refractivity contribution in [1.82, 2.24) is 10.2 Å². The fourth-order valence-electron chi connectivity index (χ4n) is 1.72. The third-order valence-corrected chi connectivity index (χ3v) is 3.19. The first-order valence-corrected chi connectivity index (χ1v) is 6.51. The van der Waals surface area contributed by atoms with Gasteiger partial charge in [0.25, 0.3) is 0 Å². The summed E-state index contributed by atoms with van der Waals surface area (Å²) in [5, 5.41) is 3.02. The molecule has 0 radical (unpaired) electrons. The van der Waals surface area contributed by atoms with E-state index >= 15 is 0 Å². The van der Waals surface area contributed by atoms with Crippen LogP contribution in [0.2, 0.25) is 0 Å². The van der Waals surface area contributed by atoms with Crippen molar-refractivity contribution in [3.8, 4) is 0 Å². The molecule has 1 rings (SSSR count). The summed E-state index contributed by atoms with van der Waals surface area (Å²) in [5.74, 6) is 0.202. The molecule has 1 saturated heterocycles. The number of hydrogen-bond acceptors (Lipinski definition) is 3. The average Bonchev–Trinajstić information content (AvgIpc) is 2.47. The highest BCUT2D eigenvalue weighted by molar-refractivity contribution is 8.00. The van der Waals surface area contributed by atoms with Crippen molar-refractivity contribution in [2.45, 2.75) is 31.8 Å². The van der Waals surface area contributed by atoms with Gasteiger partial charge >= 0.3 is 5.51 Å². The van der Waals surface area contributed by atoms with E-state index < -0.39 is 5.51 Å². The van der Waals surface area contributed by atoms with E-state index in [-0.39, 0.29) is 36.0 Å². The molecule has 0 aliphatic carbocycles. The SMILES string of the molecule is CC(C)CC1NCN(CCSC(F)(F)F)C1=O. The van der Waals surface area contributed by atoms with Gasteiger partial charge in [0, 0.05) is 12.3 Å². The minimum atomic E-state index is -4.21. The van der Waals surface area contributed by atoms with Gasteiger partial charge in [-0.2, -0.15) is 13.2 Å². The van der Waals surface area contributed by atoms with Gasteiger partial charge in [0.1, 0.15) is 0 Å². The van der Waals surface area contributed by atoms with Crippen LogP contribution < -0.4 is 5.32 Å². The second kappa shape index (κ2) is 5.95. The largest absolute Gasteiger partial charge is 0.441 e. The lowest BCUT2D eigenvalue weighted by molar-refractivity contribution is -0.129. The second-order valence-electron chi connectivity index (χ2n) is 4.44. The Kier molecular flexibility index (Phi) is 5.12. The number of thioether (sulfide) groups is 1. The Labute approximate surface area is 103 Å². The highest BCUT2D eigenvalue weighted by Crippen LogP contribution is 2.30. The lowest BCUT2D eigenvalue weighted by Crippen LogP contribution is -2.33. The summed E-state index contributed by atoms with van der Waals surface area (Å²) in [5.41, 5.74) is -4.21. The molecule has 1 unspecified atom stereocenters. The zero-order valence-corrected chi connectivity index (χ0v) is 10.7. The van der Waals surface area contributed by atoms with E-state index in [4.69, 9.17) is 0 Å². The molecular formula is C10H17F3N2OS. The van der Waals surface area contributed by atoms with Crippen molar-refractivity contribution in [1.29, 1.82) is 0 Å². The Morgan fingerprint density at radius 3 is 2.71 bits per heavy atom. The molecule has 1 aliphatic heterocycles. The molecule has 100 valence electrons. The van der Waals surface area contributed by atoms with Gasteiger partial charge in [0.05, 0.1) is 12.7 Å². The number of alkyl halides is 3. The molecule has 17 heavy (non-hydrogen) atoms. The number of hydrogen-bond donors (Lipinski definition) is 1. The molecule has 1 atom stereocenters. The van der Waals surface area contributed by atoms with Crippen molar-refractivity contribution in [2.75, 3.05) is 19.0 Å². The van der Waals surface area contributed by atoms with Crippen molar-refractivity contribution in [3.05, 3.63) is 0 Å². The average molecular weight is 270 g/mol. The molecule has 0 bridgehead atoms. The molecule has 0 saturated carbocycles. The predicted octanol–water partition coefficient (Wildman–Crippen LogP) is 2.04. The normalized spacial score (nSPS) is 21.6. The van der Waals surface area contributed by atoms with Crippen LogP contribution in [0.3, 0.4) is 0 Å². The van der Waals surface area contributed by atoms with Crippen LogP contribution in [0.15, 0.2) is 0 Å². The Morgan fingerprint density at radius 2 is 2.18 bits per heavy atom. The van der Waals surface area contributed by atoms with E-state index in [0.29, 0.717) is 12.6 Å². The highest BCUT2D eigenvalue weighted by atomic mass is 32.2. The number of nitrogens with zero attached hydrogens (tertiary/aromatic N) is 1. The second-order valence-corrected chi connectivity index (χ2v) is 5.60. The standard InChI is InChI=1S/C10H17F3N2OS/c1-7(2)5-8-9(16)15(6-14-8)3-4-17-10(11,12)13/h7-8,14H,3-6H2,1-2H3. The topological polar surface area (TPSA) is 32.3 Å². The molecule has 7 heteroatoms. The van der Waals surface area contributed by atoms with E-state index in [1.54, 1.807) is 0 Å². The van der Waals surface area contributed by atoms with Gasteiger partial charge in [-0.05, 0) is 24.1 Å². The van der Waals surface area contributed by atoms with Crippen LogP contribution >= 0.6 is 11.8 Å². The van der Waals surface area contributed by atoms with Gasteiger partial charge in [-0.1, -0.05) is 13.8 Å². The molecule has 1 N–H and O–H groups in total. The Balaban J connectivity index is 2.30. The fraction of sp³-hybridized carbons (Fsp3) is 0.900. The maximum atomic E-state index is 11.9. The fourth-order valence-corrected chi connectivity index (χ4v) is 2.27. The smallest absolute Gasteiger partial charge is 0.328 e. The maximum absolute atomic E-state index is 11.9. The van der Waals surface area contributed by atoms with Crippen LogP contribution in [-0.4, -0.2) is 41.3 Å². The summed E-state index contributed by atoms with van der Waals surface area (Å²) < 4.78 is 35.8. The van der Waals surface area contributed by atoms with Crippen LogP contribution in [0.1, 0.15) is 20.3 Å². The molecule has 1 fully saturated rings. The number of rotatable bonds is 5. The summed E-state index contributed by atoms with van der Waals surface area (Å²) >= 11 is -0.0841. The van der Waals surface area contributed by atoms with E-state index in [1.807, 2.05) is 13.8 Å². The van der Waals surface area contributed by atoms with Crippen LogP contribution in [-0.2, 0) is 4.79 Å². The molecular weight excluding hydrogens is 253 g/mol. The van der Waals surface area contributed by atoms with Crippen molar-refractivity contribution < 1.29 is 18.0 Å². The molecule has 0 aromatic heterocycles.